The molecule has 0 aromatic heterocycles. The fourth-order valence-electron chi connectivity index (χ4n) is 1.96. The van der Waals surface area contributed by atoms with Crippen molar-refractivity contribution in [3.05, 3.63) is 64.1 Å². The molecule has 1 atom stereocenters. The maximum atomic E-state index is 11.9. The van der Waals surface area contributed by atoms with Crippen LogP contribution < -0.4 is 10.6 Å². The number of hydrogen-bond donors (Lipinski definition) is 2. The van der Waals surface area contributed by atoms with Crippen LogP contribution >= 0.6 is 23.2 Å². The molecule has 0 aliphatic rings. The molecule has 0 fully saturated rings. The first-order valence-corrected chi connectivity index (χ1v) is 7.34. The molecule has 0 aliphatic heterocycles. The molecule has 1 amide bonds. The van der Waals surface area contributed by atoms with Gasteiger partial charge in [-0.05, 0) is 30.7 Å². The van der Waals surface area contributed by atoms with Gasteiger partial charge in [0.15, 0.2) is 0 Å². The van der Waals surface area contributed by atoms with Gasteiger partial charge < -0.3 is 10.6 Å². The van der Waals surface area contributed by atoms with Crippen LogP contribution in [0.2, 0.25) is 10.0 Å². The quantitative estimate of drug-likeness (QED) is 0.862. The lowest BCUT2D eigenvalue weighted by atomic mass is 10.1. The van der Waals surface area contributed by atoms with Crippen molar-refractivity contribution in [3.63, 3.8) is 0 Å². The van der Waals surface area contributed by atoms with E-state index in [9.17, 15) is 4.79 Å². The summed E-state index contributed by atoms with van der Waals surface area (Å²) in [4.78, 5) is 11.9. The molecule has 0 aliphatic carbocycles. The van der Waals surface area contributed by atoms with Crippen LogP contribution in [0.25, 0.3) is 0 Å². The van der Waals surface area contributed by atoms with Gasteiger partial charge >= 0.3 is 0 Å². The first-order valence-electron chi connectivity index (χ1n) is 6.59. The fraction of sp³-hybridized carbons (Fsp3) is 0.188. The van der Waals surface area contributed by atoms with Gasteiger partial charge in [-0.15, -0.1) is 0 Å². The normalized spacial score (nSPS) is 11.8. The van der Waals surface area contributed by atoms with Crippen molar-refractivity contribution in [2.75, 3.05) is 11.9 Å². The minimum Gasteiger partial charge on any atom is -0.376 e. The smallest absolute Gasteiger partial charge is 0.239 e. The van der Waals surface area contributed by atoms with Crippen LogP contribution in [0.5, 0.6) is 0 Å². The van der Waals surface area contributed by atoms with Crippen LogP contribution in [0.1, 0.15) is 18.5 Å². The molecule has 0 saturated heterocycles. The van der Waals surface area contributed by atoms with Crippen molar-refractivity contribution in [2.24, 2.45) is 0 Å². The van der Waals surface area contributed by atoms with Crippen LogP contribution in [-0.2, 0) is 4.79 Å². The summed E-state index contributed by atoms with van der Waals surface area (Å²) in [6.45, 7) is 2.11. The van der Waals surface area contributed by atoms with Gasteiger partial charge in [-0.2, -0.15) is 0 Å². The minimum absolute atomic E-state index is 0.0385. The molecule has 2 rings (SSSR count). The van der Waals surface area contributed by atoms with E-state index in [0.29, 0.717) is 10.0 Å². The molecule has 110 valence electrons. The Kier molecular flexibility index (Phi) is 5.48. The van der Waals surface area contributed by atoms with Gasteiger partial charge in [0.05, 0.1) is 12.6 Å². The molecule has 0 radical (unpaired) electrons. The molecule has 21 heavy (non-hydrogen) atoms. The second kappa shape index (κ2) is 7.34. The Bertz CT molecular complexity index is 597. The van der Waals surface area contributed by atoms with Crippen LogP contribution in [0.15, 0.2) is 48.5 Å². The van der Waals surface area contributed by atoms with Gasteiger partial charge in [0.25, 0.3) is 0 Å². The molecule has 0 heterocycles. The largest absolute Gasteiger partial charge is 0.376 e. The van der Waals surface area contributed by atoms with Crippen molar-refractivity contribution in [1.29, 1.82) is 0 Å². The summed E-state index contributed by atoms with van der Waals surface area (Å²) in [5, 5.41) is 6.99. The van der Waals surface area contributed by atoms with E-state index < -0.39 is 0 Å². The number of halogens is 2. The molecular weight excluding hydrogens is 307 g/mol. The molecule has 3 nitrogen and oxygen atoms in total. The van der Waals surface area contributed by atoms with Crippen LogP contribution in [-0.4, -0.2) is 12.5 Å². The molecule has 0 saturated carbocycles. The lowest BCUT2D eigenvalue weighted by Crippen LogP contribution is -2.32. The molecule has 2 aromatic carbocycles. The zero-order chi connectivity index (χ0) is 15.2. The second-order valence-electron chi connectivity index (χ2n) is 4.71. The highest BCUT2D eigenvalue weighted by atomic mass is 35.5. The Hall–Kier alpha value is -1.71. The maximum Gasteiger partial charge on any atom is 0.239 e. The van der Waals surface area contributed by atoms with Gasteiger partial charge in [0.2, 0.25) is 5.91 Å². The summed E-state index contributed by atoms with van der Waals surface area (Å²) >= 11 is 11.8. The number of hydrogen-bond acceptors (Lipinski definition) is 2. The third kappa shape index (κ3) is 4.96. The van der Waals surface area contributed by atoms with Crippen molar-refractivity contribution in [2.45, 2.75) is 13.0 Å². The Morgan fingerprint density at radius 2 is 1.71 bits per heavy atom. The number of benzene rings is 2. The third-order valence-corrected chi connectivity index (χ3v) is 3.43. The van der Waals surface area contributed by atoms with Gasteiger partial charge in [-0.25, -0.2) is 0 Å². The highest BCUT2D eigenvalue weighted by Crippen LogP contribution is 2.22. The predicted molar refractivity (Wildman–Crippen MR) is 88.0 cm³/mol. The van der Waals surface area contributed by atoms with Crippen LogP contribution in [0, 0.1) is 0 Å². The highest BCUT2D eigenvalue weighted by Gasteiger charge is 2.09. The number of carbonyl (C=O) groups is 1. The SMILES string of the molecule is CC(NC(=O)CNc1cc(Cl)cc(Cl)c1)c1ccccc1. The third-order valence-electron chi connectivity index (χ3n) is 2.99. The van der Waals surface area contributed by atoms with Gasteiger partial charge in [0, 0.05) is 15.7 Å². The maximum absolute atomic E-state index is 11.9. The highest BCUT2D eigenvalue weighted by molar-refractivity contribution is 6.35. The molecule has 1 unspecified atom stereocenters. The average Bonchev–Trinajstić information content (AvgIpc) is 2.45. The minimum atomic E-state index is -0.0950. The van der Waals surface area contributed by atoms with Crippen LogP contribution in [0.4, 0.5) is 5.69 Å². The van der Waals surface area contributed by atoms with Crippen molar-refractivity contribution in [1.82, 2.24) is 5.32 Å². The fourth-order valence-corrected chi connectivity index (χ4v) is 2.48. The Balaban J connectivity index is 1.87. The Morgan fingerprint density at radius 1 is 1.10 bits per heavy atom. The second-order valence-corrected chi connectivity index (χ2v) is 5.58. The Morgan fingerprint density at radius 3 is 2.33 bits per heavy atom. The molecule has 2 aromatic rings. The van der Waals surface area contributed by atoms with Crippen molar-refractivity contribution >= 4 is 34.8 Å². The molecule has 0 spiro atoms. The van der Waals surface area contributed by atoms with E-state index in [1.54, 1.807) is 18.2 Å². The number of carbonyl (C=O) groups excluding carboxylic acids is 1. The zero-order valence-electron chi connectivity index (χ0n) is 11.6. The molecule has 0 bridgehead atoms. The average molecular weight is 323 g/mol. The van der Waals surface area contributed by atoms with Crippen LogP contribution in [0.3, 0.4) is 0 Å². The summed E-state index contributed by atoms with van der Waals surface area (Å²) in [6.07, 6.45) is 0. The Labute approximate surface area is 134 Å². The summed E-state index contributed by atoms with van der Waals surface area (Å²) in [5.41, 5.74) is 1.78. The van der Waals surface area contributed by atoms with Crippen molar-refractivity contribution in [3.8, 4) is 0 Å². The van der Waals surface area contributed by atoms with Crippen molar-refractivity contribution < 1.29 is 4.79 Å². The first kappa shape index (κ1) is 15.7. The van der Waals surface area contributed by atoms with E-state index in [1.807, 2.05) is 37.3 Å². The summed E-state index contributed by atoms with van der Waals surface area (Å²) < 4.78 is 0. The van der Waals surface area contributed by atoms with E-state index in [1.165, 1.54) is 0 Å². The lowest BCUT2D eigenvalue weighted by molar-refractivity contribution is -0.120. The van der Waals surface area contributed by atoms with E-state index in [2.05, 4.69) is 10.6 Å². The van der Waals surface area contributed by atoms with Gasteiger partial charge in [0.1, 0.15) is 0 Å². The zero-order valence-corrected chi connectivity index (χ0v) is 13.1. The monoisotopic (exact) mass is 322 g/mol. The molecular formula is C16H16Cl2N2O. The van der Waals surface area contributed by atoms with Gasteiger partial charge in [-0.3, -0.25) is 4.79 Å². The first-order chi connectivity index (χ1) is 10.0. The van der Waals surface area contributed by atoms with Gasteiger partial charge in [-0.1, -0.05) is 53.5 Å². The van der Waals surface area contributed by atoms with E-state index >= 15 is 0 Å². The number of amides is 1. The molecule has 5 heteroatoms. The van der Waals surface area contributed by atoms with E-state index in [-0.39, 0.29) is 18.5 Å². The standard InChI is InChI=1S/C16H16Cl2N2O/c1-11(12-5-3-2-4-6-12)20-16(21)10-19-15-8-13(17)7-14(18)9-15/h2-9,11,19H,10H2,1H3,(H,20,21). The summed E-state index contributed by atoms with van der Waals surface area (Å²) in [6, 6.07) is 14.9. The van der Waals surface area contributed by atoms with E-state index in [0.717, 1.165) is 11.3 Å². The number of rotatable bonds is 5. The summed E-state index contributed by atoms with van der Waals surface area (Å²) in [5.74, 6) is -0.0950. The number of nitrogens with one attached hydrogen (secondary N) is 2. The number of anilines is 1. The molecule has 2 N–H and O–H groups in total. The predicted octanol–water partition coefficient (Wildman–Crippen LogP) is 4.28. The summed E-state index contributed by atoms with van der Waals surface area (Å²) in [7, 11) is 0. The van der Waals surface area contributed by atoms with E-state index in [4.69, 9.17) is 23.2 Å². The lowest BCUT2D eigenvalue weighted by Gasteiger charge is -2.15. The topological polar surface area (TPSA) is 41.1 Å².